The molecular formula is C12H14F3N. The van der Waals surface area contributed by atoms with Gasteiger partial charge in [-0.15, -0.1) is 0 Å². The zero-order chi connectivity index (χ0) is 12.0. The van der Waals surface area contributed by atoms with E-state index < -0.39 is 17.2 Å². The first kappa shape index (κ1) is 11.5. The summed E-state index contributed by atoms with van der Waals surface area (Å²) in [6.07, 6.45) is -2.99. The molecule has 1 unspecified atom stereocenters. The van der Waals surface area contributed by atoms with Crippen molar-refractivity contribution in [3.8, 4) is 0 Å². The Labute approximate surface area is 92.5 Å². The molecule has 88 valence electrons. The van der Waals surface area contributed by atoms with Crippen LogP contribution in [0.15, 0.2) is 24.3 Å². The molecule has 1 saturated carbocycles. The minimum atomic E-state index is -4.29. The summed E-state index contributed by atoms with van der Waals surface area (Å²) in [5.41, 5.74) is 5.16. The maximum absolute atomic E-state index is 12.8. The quantitative estimate of drug-likeness (QED) is 0.828. The van der Waals surface area contributed by atoms with Crippen molar-refractivity contribution in [2.24, 2.45) is 5.73 Å². The molecule has 0 radical (unpaired) electrons. The molecular weight excluding hydrogens is 215 g/mol. The number of hydrogen-bond acceptors (Lipinski definition) is 1. The highest BCUT2D eigenvalue weighted by Gasteiger charge is 2.54. The lowest BCUT2D eigenvalue weighted by Crippen LogP contribution is -2.22. The predicted molar refractivity (Wildman–Crippen MR) is 56.0 cm³/mol. The highest BCUT2D eigenvalue weighted by atomic mass is 19.4. The first-order chi connectivity index (χ1) is 7.42. The fraction of sp³-hybridized carbons (Fsp3) is 0.500. The Morgan fingerprint density at radius 1 is 1.38 bits per heavy atom. The first-order valence-electron chi connectivity index (χ1n) is 5.34. The standard InChI is InChI=1S/C12H14F3N/c1-2-11(7-10(11)16)8-5-3-4-6-9(8)12(13,14)15/h3-6,10H,2,7,16H2,1H3/t10-,11?/m1/s1. The van der Waals surface area contributed by atoms with Crippen LogP contribution < -0.4 is 5.73 Å². The summed E-state index contributed by atoms with van der Waals surface area (Å²) >= 11 is 0. The molecule has 2 atom stereocenters. The van der Waals surface area contributed by atoms with Crippen LogP contribution in [0.2, 0.25) is 0 Å². The molecule has 2 N–H and O–H groups in total. The third-order valence-corrected chi connectivity index (χ3v) is 3.53. The molecule has 1 aliphatic rings. The van der Waals surface area contributed by atoms with Crippen molar-refractivity contribution in [2.45, 2.75) is 37.4 Å². The number of nitrogens with two attached hydrogens (primary N) is 1. The molecule has 1 aromatic carbocycles. The molecule has 1 aromatic rings. The molecule has 0 bridgehead atoms. The summed E-state index contributed by atoms with van der Waals surface area (Å²) in [5, 5.41) is 0. The van der Waals surface area contributed by atoms with Crippen LogP contribution in [0.25, 0.3) is 0 Å². The fourth-order valence-electron chi connectivity index (χ4n) is 2.40. The van der Waals surface area contributed by atoms with Gasteiger partial charge < -0.3 is 5.73 Å². The Hall–Kier alpha value is -1.03. The molecule has 0 spiro atoms. The summed E-state index contributed by atoms with van der Waals surface area (Å²) in [5.74, 6) is 0. The normalized spacial score (nSPS) is 29.2. The first-order valence-corrected chi connectivity index (χ1v) is 5.34. The highest BCUT2D eigenvalue weighted by Crippen LogP contribution is 2.52. The van der Waals surface area contributed by atoms with Crippen LogP contribution in [0.5, 0.6) is 0 Å². The van der Waals surface area contributed by atoms with Crippen molar-refractivity contribution in [2.75, 3.05) is 0 Å². The topological polar surface area (TPSA) is 26.0 Å². The zero-order valence-electron chi connectivity index (χ0n) is 9.01. The maximum atomic E-state index is 12.8. The average molecular weight is 229 g/mol. The van der Waals surface area contributed by atoms with Crippen LogP contribution in [0.4, 0.5) is 13.2 Å². The molecule has 2 rings (SSSR count). The number of hydrogen-bond donors (Lipinski definition) is 1. The van der Waals surface area contributed by atoms with Crippen molar-refractivity contribution in [3.63, 3.8) is 0 Å². The van der Waals surface area contributed by atoms with Gasteiger partial charge in [0.05, 0.1) is 5.56 Å². The summed E-state index contributed by atoms with van der Waals surface area (Å²) in [6, 6.07) is 5.62. The monoisotopic (exact) mass is 229 g/mol. The molecule has 0 aliphatic heterocycles. The van der Waals surface area contributed by atoms with Crippen LogP contribution in [0.1, 0.15) is 30.9 Å². The van der Waals surface area contributed by atoms with Crippen LogP contribution in [-0.4, -0.2) is 6.04 Å². The van der Waals surface area contributed by atoms with Gasteiger partial charge in [-0.1, -0.05) is 25.1 Å². The van der Waals surface area contributed by atoms with Gasteiger partial charge in [0.1, 0.15) is 0 Å². The van der Waals surface area contributed by atoms with E-state index in [4.69, 9.17) is 5.73 Å². The minimum absolute atomic E-state index is 0.138. The SMILES string of the molecule is CCC1(c2ccccc2C(F)(F)F)C[C@H]1N. The Kier molecular flexibility index (Phi) is 2.49. The Bertz CT molecular complexity index is 395. The van der Waals surface area contributed by atoms with Gasteiger partial charge in [-0.3, -0.25) is 0 Å². The van der Waals surface area contributed by atoms with E-state index in [1.807, 2.05) is 6.92 Å². The van der Waals surface area contributed by atoms with Crippen molar-refractivity contribution in [1.29, 1.82) is 0 Å². The Morgan fingerprint density at radius 3 is 2.38 bits per heavy atom. The molecule has 1 nitrogen and oxygen atoms in total. The van der Waals surface area contributed by atoms with Gasteiger partial charge in [-0.25, -0.2) is 0 Å². The van der Waals surface area contributed by atoms with Crippen LogP contribution >= 0.6 is 0 Å². The number of rotatable bonds is 2. The Morgan fingerprint density at radius 2 is 1.94 bits per heavy atom. The van der Waals surface area contributed by atoms with Crippen molar-refractivity contribution in [1.82, 2.24) is 0 Å². The largest absolute Gasteiger partial charge is 0.416 e. The number of benzene rings is 1. The van der Waals surface area contributed by atoms with Gasteiger partial charge in [0.2, 0.25) is 0 Å². The van der Waals surface area contributed by atoms with E-state index >= 15 is 0 Å². The highest BCUT2D eigenvalue weighted by molar-refractivity contribution is 5.43. The fourth-order valence-corrected chi connectivity index (χ4v) is 2.40. The third-order valence-electron chi connectivity index (χ3n) is 3.53. The summed E-state index contributed by atoms with van der Waals surface area (Å²) in [4.78, 5) is 0. The van der Waals surface area contributed by atoms with Crippen LogP contribution in [-0.2, 0) is 11.6 Å². The summed E-state index contributed by atoms with van der Waals surface area (Å²) < 4.78 is 38.5. The smallest absolute Gasteiger partial charge is 0.327 e. The van der Waals surface area contributed by atoms with Crippen molar-refractivity contribution >= 4 is 0 Å². The van der Waals surface area contributed by atoms with Gasteiger partial charge in [-0.05, 0) is 24.5 Å². The van der Waals surface area contributed by atoms with Gasteiger partial charge in [-0.2, -0.15) is 13.2 Å². The molecule has 16 heavy (non-hydrogen) atoms. The van der Waals surface area contributed by atoms with E-state index in [9.17, 15) is 13.2 Å². The number of alkyl halides is 3. The van der Waals surface area contributed by atoms with E-state index in [1.165, 1.54) is 6.07 Å². The second-order valence-corrected chi connectivity index (χ2v) is 4.36. The zero-order valence-corrected chi connectivity index (χ0v) is 9.01. The minimum Gasteiger partial charge on any atom is -0.327 e. The molecule has 1 fully saturated rings. The molecule has 1 aliphatic carbocycles. The van der Waals surface area contributed by atoms with Crippen molar-refractivity contribution in [3.05, 3.63) is 35.4 Å². The van der Waals surface area contributed by atoms with Crippen LogP contribution in [0.3, 0.4) is 0 Å². The van der Waals surface area contributed by atoms with Crippen molar-refractivity contribution < 1.29 is 13.2 Å². The third kappa shape index (κ3) is 1.61. The predicted octanol–water partition coefficient (Wildman–Crippen LogP) is 3.08. The lowest BCUT2D eigenvalue weighted by atomic mass is 9.88. The summed E-state index contributed by atoms with van der Waals surface area (Å²) in [7, 11) is 0. The molecule has 4 heteroatoms. The van der Waals surface area contributed by atoms with Gasteiger partial charge in [0, 0.05) is 11.5 Å². The molecule has 0 heterocycles. The van der Waals surface area contributed by atoms with Crippen LogP contribution in [0, 0.1) is 0 Å². The van der Waals surface area contributed by atoms with E-state index in [2.05, 4.69) is 0 Å². The van der Waals surface area contributed by atoms with Gasteiger partial charge in [0.15, 0.2) is 0 Å². The summed E-state index contributed by atoms with van der Waals surface area (Å²) in [6.45, 7) is 1.89. The van der Waals surface area contributed by atoms with E-state index in [0.29, 0.717) is 18.4 Å². The molecule has 0 aromatic heterocycles. The lowest BCUT2D eigenvalue weighted by molar-refractivity contribution is -0.138. The van der Waals surface area contributed by atoms with Gasteiger partial charge >= 0.3 is 6.18 Å². The Balaban J connectivity index is 2.50. The number of halogens is 3. The molecule has 0 amide bonds. The lowest BCUT2D eigenvalue weighted by Gasteiger charge is -2.20. The van der Waals surface area contributed by atoms with E-state index in [0.717, 1.165) is 6.07 Å². The van der Waals surface area contributed by atoms with Gasteiger partial charge in [0.25, 0.3) is 0 Å². The van der Waals surface area contributed by atoms with E-state index in [-0.39, 0.29) is 6.04 Å². The average Bonchev–Trinajstić information content (AvgIpc) is 2.90. The second-order valence-electron chi connectivity index (χ2n) is 4.36. The molecule has 0 saturated heterocycles. The maximum Gasteiger partial charge on any atom is 0.416 e. The van der Waals surface area contributed by atoms with E-state index in [1.54, 1.807) is 12.1 Å². The second kappa shape index (κ2) is 3.48.